The lowest BCUT2D eigenvalue weighted by Gasteiger charge is -2.32. The molecule has 1 aliphatic heterocycles. The number of benzene rings is 1. The number of unbranched alkanes of at least 4 members (excludes halogenated alkanes) is 2. The first kappa shape index (κ1) is 27.0. The molecule has 5 rings (SSSR count). The molecule has 0 amide bonds. The molecule has 8 heteroatoms. The van der Waals surface area contributed by atoms with Gasteiger partial charge in [0.1, 0.15) is 5.69 Å². The summed E-state index contributed by atoms with van der Waals surface area (Å²) in [6, 6.07) is 9.45. The molecular weight excluding hydrogens is 474 g/mol. The van der Waals surface area contributed by atoms with Crippen LogP contribution < -0.4 is 5.32 Å². The summed E-state index contributed by atoms with van der Waals surface area (Å²) in [4.78, 5) is 14.6. The number of aliphatic hydroxyl groups is 1. The lowest BCUT2D eigenvalue weighted by atomic mass is 9.93. The quantitative estimate of drug-likeness (QED) is 0.361. The Morgan fingerprint density at radius 1 is 1.03 bits per heavy atom. The largest absolute Gasteiger partial charge is 0.393 e. The zero-order chi connectivity index (χ0) is 26.5. The molecule has 3 aromatic rings. The van der Waals surface area contributed by atoms with E-state index in [0.717, 1.165) is 87.1 Å². The van der Waals surface area contributed by atoms with Crippen LogP contribution in [-0.2, 0) is 6.54 Å². The fraction of sp³-hybridized carbons (Fsp3) is 0.633. The average molecular weight is 520 g/mol. The molecule has 0 unspecified atom stereocenters. The van der Waals surface area contributed by atoms with E-state index in [1.54, 1.807) is 0 Å². The van der Waals surface area contributed by atoms with Crippen molar-refractivity contribution in [1.29, 1.82) is 0 Å². The van der Waals surface area contributed by atoms with Crippen molar-refractivity contribution in [2.45, 2.75) is 89.9 Å². The van der Waals surface area contributed by atoms with E-state index >= 15 is 0 Å². The molecule has 2 aromatic heterocycles. The van der Waals surface area contributed by atoms with Gasteiger partial charge in [-0.3, -0.25) is 4.90 Å². The second kappa shape index (κ2) is 12.5. The standard InChI is InChI=1S/C30H45N7O/c1-4-5-6-7-22(2)32-30-31-20-27-28(34-37(29(27)33-30)25-12-14-26(38)15-13-25)24-10-8-23(9-11-24)21-36-18-16-35(3)17-19-36/h8-11,20,22,25-26,38H,4-7,12-19,21H2,1-3H3,(H,31,32,33)/t22-,25?,26?/m0/s1. The summed E-state index contributed by atoms with van der Waals surface area (Å²) in [5, 5.41) is 19.7. The summed E-state index contributed by atoms with van der Waals surface area (Å²) in [5.74, 6) is 0.674. The van der Waals surface area contributed by atoms with E-state index in [1.807, 2.05) is 6.20 Å². The Morgan fingerprint density at radius 3 is 2.47 bits per heavy atom. The molecule has 1 aromatic carbocycles. The van der Waals surface area contributed by atoms with Crippen LogP contribution in [0.25, 0.3) is 22.3 Å². The Labute approximate surface area is 227 Å². The van der Waals surface area contributed by atoms with Gasteiger partial charge < -0.3 is 15.3 Å². The van der Waals surface area contributed by atoms with Crippen molar-refractivity contribution in [3.63, 3.8) is 0 Å². The lowest BCUT2D eigenvalue weighted by molar-refractivity contribution is 0.109. The van der Waals surface area contributed by atoms with Crippen molar-refractivity contribution in [2.24, 2.45) is 0 Å². The van der Waals surface area contributed by atoms with Crippen molar-refractivity contribution in [3.05, 3.63) is 36.0 Å². The molecule has 38 heavy (non-hydrogen) atoms. The van der Waals surface area contributed by atoms with E-state index in [-0.39, 0.29) is 12.1 Å². The number of piperazine rings is 1. The molecule has 1 saturated carbocycles. The van der Waals surface area contributed by atoms with Crippen LogP contribution in [0, 0.1) is 0 Å². The Hall–Kier alpha value is -2.55. The highest BCUT2D eigenvalue weighted by Gasteiger charge is 2.26. The maximum absolute atomic E-state index is 10.1. The van der Waals surface area contributed by atoms with Crippen molar-refractivity contribution in [1.82, 2.24) is 29.5 Å². The van der Waals surface area contributed by atoms with Gasteiger partial charge in [0.15, 0.2) is 5.65 Å². The van der Waals surface area contributed by atoms with E-state index in [1.165, 1.54) is 24.8 Å². The van der Waals surface area contributed by atoms with Crippen molar-refractivity contribution in [2.75, 3.05) is 38.5 Å². The summed E-state index contributed by atoms with van der Waals surface area (Å²) >= 11 is 0. The van der Waals surface area contributed by atoms with E-state index in [0.29, 0.717) is 12.0 Å². The van der Waals surface area contributed by atoms with Crippen LogP contribution in [0.15, 0.2) is 30.5 Å². The monoisotopic (exact) mass is 519 g/mol. The normalized spacial score (nSPS) is 22.1. The van der Waals surface area contributed by atoms with Crippen molar-refractivity contribution >= 4 is 17.0 Å². The van der Waals surface area contributed by atoms with Gasteiger partial charge in [0.25, 0.3) is 0 Å². The Bertz CT molecular complexity index is 1160. The number of aromatic nitrogens is 4. The van der Waals surface area contributed by atoms with Crippen LogP contribution in [0.1, 0.15) is 76.8 Å². The SMILES string of the molecule is CCCCC[C@H](C)Nc1ncc2c(-c3ccc(CN4CCN(C)CC4)cc3)nn(C3CCC(O)CC3)c2n1. The van der Waals surface area contributed by atoms with Crippen molar-refractivity contribution in [3.8, 4) is 11.3 Å². The van der Waals surface area contributed by atoms with Gasteiger partial charge in [0.2, 0.25) is 5.95 Å². The van der Waals surface area contributed by atoms with Crippen LogP contribution in [0.5, 0.6) is 0 Å². The highest BCUT2D eigenvalue weighted by atomic mass is 16.3. The number of rotatable bonds is 10. The highest BCUT2D eigenvalue weighted by Crippen LogP contribution is 2.34. The predicted molar refractivity (Wildman–Crippen MR) is 154 cm³/mol. The third-order valence-electron chi connectivity index (χ3n) is 8.31. The Balaban J connectivity index is 1.39. The lowest BCUT2D eigenvalue weighted by Crippen LogP contribution is -2.43. The molecule has 2 aliphatic rings. The van der Waals surface area contributed by atoms with E-state index in [9.17, 15) is 5.11 Å². The van der Waals surface area contributed by atoms with Gasteiger partial charge in [-0.05, 0) is 51.6 Å². The molecule has 2 N–H and O–H groups in total. The average Bonchev–Trinajstić information content (AvgIpc) is 3.30. The third-order valence-corrected chi connectivity index (χ3v) is 8.31. The minimum absolute atomic E-state index is 0.198. The Kier molecular flexibility index (Phi) is 8.92. The van der Waals surface area contributed by atoms with Crippen LogP contribution in [0.3, 0.4) is 0 Å². The zero-order valence-corrected chi connectivity index (χ0v) is 23.4. The molecule has 8 nitrogen and oxygen atoms in total. The number of anilines is 1. The van der Waals surface area contributed by atoms with Crippen molar-refractivity contribution < 1.29 is 5.11 Å². The van der Waals surface area contributed by atoms with Gasteiger partial charge in [-0.2, -0.15) is 10.1 Å². The third kappa shape index (κ3) is 6.53. The molecule has 1 aliphatic carbocycles. The second-order valence-electron chi connectivity index (χ2n) is 11.5. The van der Waals surface area contributed by atoms with Crippen LogP contribution >= 0.6 is 0 Å². The zero-order valence-electron chi connectivity index (χ0n) is 23.4. The summed E-state index contributed by atoms with van der Waals surface area (Å²) < 4.78 is 2.11. The van der Waals surface area contributed by atoms with Gasteiger partial charge >= 0.3 is 0 Å². The molecule has 0 radical (unpaired) electrons. The van der Waals surface area contributed by atoms with Crippen LogP contribution in [-0.4, -0.2) is 80.0 Å². The molecule has 1 atom stereocenters. The number of fused-ring (bicyclic) bond motifs is 1. The van der Waals surface area contributed by atoms with Gasteiger partial charge in [0.05, 0.1) is 17.5 Å². The first-order chi connectivity index (χ1) is 18.5. The summed E-state index contributed by atoms with van der Waals surface area (Å²) in [7, 11) is 2.20. The minimum atomic E-state index is -0.198. The van der Waals surface area contributed by atoms with Gasteiger partial charge in [-0.1, -0.05) is 50.5 Å². The fourth-order valence-electron chi connectivity index (χ4n) is 5.79. The summed E-state index contributed by atoms with van der Waals surface area (Å²) in [5.41, 5.74) is 4.27. The summed E-state index contributed by atoms with van der Waals surface area (Å²) in [6.45, 7) is 9.93. The molecule has 2 fully saturated rings. The van der Waals surface area contributed by atoms with E-state index in [4.69, 9.17) is 15.1 Å². The van der Waals surface area contributed by atoms with Gasteiger partial charge in [-0.25, -0.2) is 9.67 Å². The first-order valence-electron chi connectivity index (χ1n) is 14.7. The van der Waals surface area contributed by atoms with Crippen LogP contribution in [0.4, 0.5) is 5.95 Å². The molecule has 1 saturated heterocycles. The van der Waals surface area contributed by atoms with E-state index in [2.05, 4.69) is 65.0 Å². The molecular formula is C30H45N7O. The number of hydrogen-bond acceptors (Lipinski definition) is 7. The minimum Gasteiger partial charge on any atom is -0.393 e. The number of aliphatic hydroxyl groups excluding tert-OH is 1. The number of likely N-dealkylation sites (N-methyl/N-ethyl adjacent to an activating group) is 1. The highest BCUT2D eigenvalue weighted by molar-refractivity contribution is 5.91. The smallest absolute Gasteiger partial charge is 0.224 e. The topological polar surface area (TPSA) is 82.3 Å². The van der Waals surface area contributed by atoms with Crippen LogP contribution in [0.2, 0.25) is 0 Å². The number of nitrogens with zero attached hydrogens (tertiary/aromatic N) is 6. The van der Waals surface area contributed by atoms with Gasteiger partial charge in [-0.15, -0.1) is 0 Å². The van der Waals surface area contributed by atoms with Gasteiger partial charge in [0, 0.05) is 50.5 Å². The predicted octanol–water partition coefficient (Wildman–Crippen LogP) is 5.10. The number of nitrogens with one attached hydrogen (secondary N) is 1. The van der Waals surface area contributed by atoms with E-state index < -0.39 is 0 Å². The second-order valence-corrected chi connectivity index (χ2v) is 11.5. The molecule has 206 valence electrons. The summed E-state index contributed by atoms with van der Waals surface area (Å²) in [6.07, 6.45) is 10.0. The Morgan fingerprint density at radius 2 is 1.76 bits per heavy atom. The maximum atomic E-state index is 10.1. The molecule has 3 heterocycles. The number of hydrogen-bond donors (Lipinski definition) is 2. The first-order valence-corrected chi connectivity index (χ1v) is 14.7. The molecule has 0 spiro atoms. The fourth-order valence-corrected chi connectivity index (χ4v) is 5.79. The molecule has 0 bridgehead atoms. The maximum Gasteiger partial charge on any atom is 0.224 e.